The van der Waals surface area contributed by atoms with Crippen LogP contribution < -0.4 is 0 Å². The van der Waals surface area contributed by atoms with Gasteiger partial charge in [0, 0.05) is 26.4 Å². The van der Waals surface area contributed by atoms with E-state index in [9.17, 15) is 0 Å². The monoisotopic (exact) mass is 808 g/mol. The molecule has 4 heteroatoms. The van der Waals surface area contributed by atoms with E-state index in [0.717, 1.165) is 87.6 Å². The summed E-state index contributed by atoms with van der Waals surface area (Å²) in [6, 6.07) is 0. The van der Waals surface area contributed by atoms with Crippen LogP contribution in [-0.2, 0) is 14.2 Å². The maximum absolute atomic E-state index is 6.59. The van der Waals surface area contributed by atoms with Gasteiger partial charge in [-0.3, -0.25) is 0 Å². The Morgan fingerprint density at radius 2 is 1.45 bits per heavy atom. The van der Waals surface area contributed by atoms with Crippen LogP contribution in [0.1, 0.15) is 202 Å². The molecule has 0 N–H and O–H groups in total. The zero-order valence-corrected chi connectivity index (χ0v) is 39.9. The van der Waals surface area contributed by atoms with E-state index in [0.29, 0.717) is 23.5 Å². The molecule has 4 aliphatic rings. The molecule has 0 spiro atoms. The Labute approximate surface area is 361 Å². The van der Waals surface area contributed by atoms with E-state index in [-0.39, 0.29) is 6.10 Å². The summed E-state index contributed by atoms with van der Waals surface area (Å²) in [5, 5.41) is 0. The highest BCUT2D eigenvalue weighted by Crippen LogP contribution is 2.67. The van der Waals surface area contributed by atoms with Crippen LogP contribution in [0.15, 0.2) is 36.0 Å². The highest BCUT2D eigenvalue weighted by atomic mass is 16.5. The standard InChI is InChI=1S/C54H97NO3/c1-9-10-11-12-13-14-15-16-17-18-19-20-21-22-23-24-38-56-43-48(42-55(7)8)58-40-26-25-39-57-47-34-36-53(5)46(41-47)30-31-49-51-33-32-50(45(4)29-27-28-44(2)3)54(51,6)37-35-52(49)53/h13-14,16-17,30,44-45,47-52H,9-12,15,18-29,31-43H2,1-8H3/b14-13-,17-16-/t45-,47+,48+,49+,50?,51+,52+,53+,54-/m1/s1. The molecule has 0 bridgehead atoms. The maximum atomic E-state index is 6.59. The van der Waals surface area contributed by atoms with Crippen LogP contribution in [0.25, 0.3) is 0 Å². The Morgan fingerprint density at radius 3 is 2.19 bits per heavy atom. The molecule has 0 heterocycles. The van der Waals surface area contributed by atoms with Gasteiger partial charge in [0.15, 0.2) is 0 Å². The van der Waals surface area contributed by atoms with Gasteiger partial charge in [-0.1, -0.05) is 135 Å². The maximum Gasteiger partial charge on any atom is 0.0934 e. The van der Waals surface area contributed by atoms with Crippen LogP contribution in [0.4, 0.5) is 0 Å². The lowest BCUT2D eigenvalue weighted by molar-refractivity contribution is -0.0648. The second-order valence-corrected chi connectivity index (χ2v) is 21.1. The first kappa shape index (κ1) is 49.7. The lowest BCUT2D eigenvalue weighted by atomic mass is 9.47. The molecule has 0 aromatic heterocycles. The van der Waals surface area contributed by atoms with Gasteiger partial charge in [0.2, 0.25) is 0 Å². The molecule has 9 atom stereocenters. The summed E-state index contributed by atoms with van der Waals surface area (Å²) in [5.41, 5.74) is 2.74. The van der Waals surface area contributed by atoms with Gasteiger partial charge < -0.3 is 19.1 Å². The zero-order chi connectivity index (χ0) is 41.6. The number of allylic oxidation sites excluding steroid dienone is 5. The Bertz CT molecular complexity index is 1170. The second kappa shape index (κ2) is 27.2. The van der Waals surface area contributed by atoms with Crippen molar-refractivity contribution in [1.82, 2.24) is 4.90 Å². The van der Waals surface area contributed by atoms with Gasteiger partial charge in [0.05, 0.1) is 18.8 Å². The van der Waals surface area contributed by atoms with Crippen LogP contribution in [0.3, 0.4) is 0 Å². The third-order valence-corrected chi connectivity index (χ3v) is 15.9. The van der Waals surface area contributed by atoms with Crippen LogP contribution in [0.2, 0.25) is 0 Å². The van der Waals surface area contributed by atoms with E-state index >= 15 is 0 Å². The molecule has 3 saturated carbocycles. The fraction of sp³-hybridized carbons (Fsp3) is 0.889. The first-order valence-corrected chi connectivity index (χ1v) is 25.5. The fourth-order valence-corrected chi connectivity index (χ4v) is 12.5. The van der Waals surface area contributed by atoms with E-state index in [2.05, 4.69) is 90.9 Å². The average Bonchev–Trinajstić information content (AvgIpc) is 3.55. The number of hydrogen-bond acceptors (Lipinski definition) is 4. The molecular formula is C54H97NO3. The van der Waals surface area contributed by atoms with Crippen molar-refractivity contribution < 1.29 is 14.2 Å². The number of rotatable bonds is 31. The van der Waals surface area contributed by atoms with E-state index in [1.54, 1.807) is 5.57 Å². The molecule has 58 heavy (non-hydrogen) atoms. The number of fused-ring (bicyclic) bond motifs is 5. The number of unbranched alkanes of at least 4 members (excludes halogenated alkanes) is 10. The van der Waals surface area contributed by atoms with Crippen molar-refractivity contribution in [1.29, 1.82) is 0 Å². The average molecular weight is 808 g/mol. The molecule has 0 aliphatic heterocycles. The summed E-state index contributed by atoms with van der Waals surface area (Å²) in [7, 11) is 4.27. The molecule has 3 fully saturated rings. The highest BCUT2D eigenvalue weighted by molar-refractivity contribution is 5.25. The largest absolute Gasteiger partial charge is 0.379 e. The number of nitrogens with zero attached hydrogens (tertiary/aromatic N) is 1. The van der Waals surface area contributed by atoms with Crippen molar-refractivity contribution in [2.75, 3.05) is 47.1 Å². The Balaban J connectivity index is 1.04. The van der Waals surface area contributed by atoms with E-state index < -0.39 is 0 Å². The summed E-state index contributed by atoms with van der Waals surface area (Å²) in [4.78, 5) is 2.23. The van der Waals surface area contributed by atoms with Gasteiger partial charge in [-0.05, 0) is 163 Å². The summed E-state index contributed by atoms with van der Waals surface area (Å²) in [5.74, 6) is 5.43. The Kier molecular flexibility index (Phi) is 23.3. The Morgan fingerprint density at radius 1 is 0.741 bits per heavy atom. The minimum atomic E-state index is 0.143. The molecule has 0 radical (unpaired) electrons. The van der Waals surface area contributed by atoms with Gasteiger partial charge in [0.25, 0.3) is 0 Å². The van der Waals surface area contributed by atoms with Crippen molar-refractivity contribution in [2.24, 2.45) is 46.3 Å². The third kappa shape index (κ3) is 16.1. The summed E-state index contributed by atoms with van der Waals surface area (Å²) >= 11 is 0. The van der Waals surface area contributed by atoms with E-state index in [1.165, 1.54) is 135 Å². The first-order chi connectivity index (χ1) is 28.1. The normalized spacial score (nSPS) is 29.6. The molecule has 0 saturated heterocycles. The van der Waals surface area contributed by atoms with Crippen molar-refractivity contribution in [3.05, 3.63) is 36.0 Å². The van der Waals surface area contributed by atoms with E-state index in [4.69, 9.17) is 14.2 Å². The third-order valence-electron chi connectivity index (χ3n) is 15.9. The molecule has 0 amide bonds. The van der Waals surface area contributed by atoms with E-state index in [1.807, 2.05) is 0 Å². The number of likely N-dealkylation sites (N-methyl/N-ethyl adjacent to an activating group) is 1. The molecule has 0 aromatic carbocycles. The quantitative estimate of drug-likeness (QED) is 0.0516. The SMILES string of the molecule is CCCCC/C=C\C/C=C\CCCCCCCCOC[C@H](CN(C)C)OCCCCO[C@H]1CC[C@@]2(C)C(=CC[C@@H]3[C@@H]2CC[C@]2(C)C([C@H](C)CCCC(C)C)CC[C@@H]32)C1. The highest BCUT2D eigenvalue weighted by Gasteiger charge is 2.59. The van der Waals surface area contributed by atoms with Gasteiger partial charge in [-0.25, -0.2) is 0 Å². The zero-order valence-electron chi connectivity index (χ0n) is 39.9. The second-order valence-electron chi connectivity index (χ2n) is 21.1. The topological polar surface area (TPSA) is 30.9 Å². The Hall–Kier alpha value is -0.940. The van der Waals surface area contributed by atoms with Crippen LogP contribution >= 0.6 is 0 Å². The van der Waals surface area contributed by atoms with Gasteiger partial charge in [-0.15, -0.1) is 0 Å². The van der Waals surface area contributed by atoms with Crippen molar-refractivity contribution in [3.8, 4) is 0 Å². The van der Waals surface area contributed by atoms with Crippen LogP contribution in [0, 0.1) is 46.3 Å². The lowest BCUT2D eigenvalue weighted by Gasteiger charge is -2.58. The molecular weight excluding hydrogens is 711 g/mol. The summed E-state index contributed by atoms with van der Waals surface area (Å²) < 4.78 is 19.1. The number of ether oxygens (including phenoxy) is 3. The predicted molar refractivity (Wildman–Crippen MR) is 250 cm³/mol. The number of hydrogen-bond donors (Lipinski definition) is 0. The van der Waals surface area contributed by atoms with Crippen molar-refractivity contribution in [3.63, 3.8) is 0 Å². The lowest BCUT2D eigenvalue weighted by Crippen LogP contribution is -2.51. The fourth-order valence-electron chi connectivity index (χ4n) is 12.5. The molecule has 1 unspecified atom stereocenters. The first-order valence-electron chi connectivity index (χ1n) is 25.5. The molecule has 0 aromatic rings. The summed E-state index contributed by atoms with van der Waals surface area (Å²) in [6.07, 6.45) is 45.4. The van der Waals surface area contributed by atoms with Crippen LogP contribution in [0.5, 0.6) is 0 Å². The molecule has 4 rings (SSSR count). The van der Waals surface area contributed by atoms with Crippen molar-refractivity contribution >= 4 is 0 Å². The van der Waals surface area contributed by atoms with Gasteiger partial charge in [0.1, 0.15) is 0 Å². The van der Waals surface area contributed by atoms with Gasteiger partial charge in [-0.2, -0.15) is 0 Å². The molecule has 336 valence electrons. The predicted octanol–water partition coefficient (Wildman–Crippen LogP) is 15.0. The summed E-state index contributed by atoms with van der Waals surface area (Å²) in [6.45, 7) is 19.2. The van der Waals surface area contributed by atoms with Gasteiger partial charge >= 0.3 is 0 Å². The van der Waals surface area contributed by atoms with Crippen LogP contribution in [-0.4, -0.2) is 64.2 Å². The molecule has 4 aliphatic carbocycles. The minimum absolute atomic E-state index is 0.143. The smallest absolute Gasteiger partial charge is 0.0934 e. The van der Waals surface area contributed by atoms with Crippen molar-refractivity contribution in [2.45, 2.75) is 214 Å². The minimum Gasteiger partial charge on any atom is -0.379 e. The molecule has 4 nitrogen and oxygen atoms in total.